The van der Waals surface area contributed by atoms with E-state index in [-0.39, 0.29) is 35.1 Å². The highest BCUT2D eigenvalue weighted by Gasteiger charge is 2.19. The molecule has 1 amide bonds. The maximum absolute atomic E-state index is 12.7. The van der Waals surface area contributed by atoms with Crippen molar-refractivity contribution in [1.29, 1.82) is 0 Å². The Bertz CT molecular complexity index is 1110. The van der Waals surface area contributed by atoms with Gasteiger partial charge in [0.15, 0.2) is 11.2 Å². The second-order valence-corrected chi connectivity index (χ2v) is 9.04. The molecule has 1 N–H and O–H groups in total. The van der Waals surface area contributed by atoms with Crippen molar-refractivity contribution in [2.24, 2.45) is 0 Å². The van der Waals surface area contributed by atoms with Gasteiger partial charge in [-0.1, -0.05) is 51.1 Å². The number of halogens is 1. The van der Waals surface area contributed by atoms with Gasteiger partial charge in [0.05, 0.1) is 11.4 Å². The second-order valence-electron chi connectivity index (χ2n) is 9.04. The minimum atomic E-state index is -0.395. The van der Waals surface area contributed by atoms with Crippen molar-refractivity contribution in [3.05, 3.63) is 81.2 Å². The summed E-state index contributed by atoms with van der Waals surface area (Å²) in [5.74, 6) is -0.368. The Hall–Kier alpha value is -2.63. The molecule has 1 unspecified atom stereocenters. The topological polar surface area (TPSA) is 62.6 Å². The molecule has 0 saturated carbocycles. The Morgan fingerprint density at radius 1 is 1.06 bits per heavy atom. The lowest BCUT2D eigenvalue weighted by molar-refractivity contribution is 0.0914. The average molecular weight is 443 g/mol. The highest BCUT2D eigenvalue weighted by atomic mass is 35.5. The van der Waals surface area contributed by atoms with Crippen LogP contribution in [0.5, 0.6) is 0 Å². The molecule has 1 heterocycles. The van der Waals surface area contributed by atoms with E-state index in [1.807, 2.05) is 27.1 Å². The maximum atomic E-state index is 12.7. The lowest BCUT2D eigenvalue weighted by Gasteiger charge is -2.26. The van der Waals surface area contributed by atoms with Crippen LogP contribution in [0.2, 0.25) is 0 Å². The summed E-state index contributed by atoms with van der Waals surface area (Å²) in [5, 5.41) is 3.39. The number of amides is 1. The van der Waals surface area contributed by atoms with Crippen LogP contribution in [-0.4, -0.2) is 31.4 Å². The second kappa shape index (κ2) is 9.67. The number of benzene rings is 2. The van der Waals surface area contributed by atoms with Crippen LogP contribution in [0.15, 0.2) is 57.7 Å². The first kappa shape index (κ1) is 24.6. The normalized spacial score (nSPS) is 12.5. The third-order valence-electron chi connectivity index (χ3n) is 5.35. The van der Waals surface area contributed by atoms with Crippen LogP contribution < -0.4 is 10.7 Å². The van der Waals surface area contributed by atoms with Gasteiger partial charge < -0.3 is 14.6 Å². The van der Waals surface area contributed by atoms with E-state index < -0.39 is 5.91 Å². The number of nitrogens with zero attached hydrogens (tertiary/aromatic N) is 1. The molecule has 31 heavy (non-hydrogen) atoms. The predicted molar refractivity (Wildman–Crippen MR) is 128 cm³/mol. The van der Waals surface area contributed by atoms with E-state index in [4.69, 9.17) is 4.42 Å². The van der Waals surface area contributed by atoms with E-state index in [1.165, 1.54) is 11.6 Å². The SMILES string of the molecule is Cc1ccc2c(=O)cc(C(=O)NCC(c3ccc(C(C)(C)C)cc3)N(C)C)oc2c1.Cl. The van der Waals surface area contributed by atoms with Crippen molar-refractivity contribution in [2.45, 2.75) is 39.2 Å². The molecule has 0 aliphatic carbocycles. The number of likely N-dealkylation sites (N-methyl/N-ethyl adjacent to an activating group) is 1. The van der Waals surface area contributed by atoms with Gasteiger partial charge in [-0.2, -0.15) is 0 Å². The standard InChI is InChI=1S/C25H30N2O3.ClH/c1-16-7-12-19-21(28)14-23(30-22(19)13-16)24(29)26-15-20(27(5)6)17-8-10-18(11-9-17)25(2,3)4;/h7-14,20H,15H2,1-6H3,(H,26,29);1H. The zero-order chi connectivity index (χ0) is 22.1. The van der Waals surface area contributed by atoms with Crippen LogP contribution in [0.25, 0.3) is 11.0 Å². The number of aryl methyl sites for hydroxylation is 1. The van der Waals surface area contributed by atoms with Crippen molar-refractivity contribution in [3.63, 3.8) is 0 Å². The zero-order valence-corrected chi connectivity index (χ0v) is 19.8. The molecule has 3 rings (SSSR count). The molecule has 0 bridgehead atoms. The smallest absolute Gasteiger partial charge is 0.287 e. The third kappa shape index (κ3) is 5.75. The first-order valence-corrected chi connectivity index (χ1v) is 10.2. The summed E-state index contributed by atoms with van der Waals surface area (Å²) in [6.07, 6.45) is 0. The highest BCUT2D eigenvalue weighted by Crippen LogP contribution is 2.25. The first-order valence-electron chi connectivity index (χ1n) is 10.2. The molecule has 6 heteroatoms. The number of hydrogen-bond donors (Lipinski definition) is 1. The first-order chi connectivity index (χ1) is 14.1. The molecule has 3 aromatic rings. The number of hydrogen-bond acceptors (Lipinski definition) is 4. The molecule has 0 aliphatic heterocycles. The van der Waals surface area contributed by atoms with Crippen LogP contribution in [0, 0.1) is 6.92 Å². The minimum Gasteiger partial charge on any atom is -0.451 e. The Labute approximate surface area is 189 Å². The molecule has 0 fully saturated rings. The highest BCUT2D eigenvalue weighted by molar-refractivity contribution is 5.93. The van der Waals surface area contributed by atoms with Gasteiger partial charge in [0, 0.05) is 12.6 Å². The largest absolute Gasteiger partial charge is 0.451 e. The van der Waals surface area contributed by atoms with E-state index >= 15 is 0 Å². The summed E-state index contributed by atoms with van der Waals surface area (Å²) in [6.45, 7) is 8.87. The summed E-state index contributed by atoms with van der Waals surface area (Å²) in [5.41, 5.74) is 3.64. The van der Waals surface area contributed by atoms with Crippen molar-refractivity contribution >= 4 is 29.3 Å². The van der Waals surface area contributed by atoms with Crippen LogP contribution in [-0.2, 0) is 5.41 Å². The van der Waals surface area contributed by atoms with Crippen molar-refractivity contribution in [3.8, 4) is 0 Å². The summed E-state index contributed by atoms with van der Waals surface area (Å²) in [4.78, 5) is 27.1. The molecule has 2 aromatic carbocycles. The third-order valence-corrected chi connectivity index (χ3v) is 5.35. The lowest BCUT2D eigenvalue weighted by atomic mass is 9.86. The molecule has 0 saturated heterocycles. The van der Waals surface area contributed by atoms with Gasteiger partial charge in [-0.25, -0.2) is 0 Å². The predicted octanol–water partition coefficient (Wildman–Crippen LogP) is 4.85. The van der Waals surface area contributed by atoms with Crippen molar-refractivity contribution in [2.75, 3.05) is 20.6 Å². The maximum Gasteiger partial charge on any atom is 0.287 e. The Morgan fingerprint density at radius 2 is 1.71 bits per heavy atom. The van der Waals surface area contributed by atoms with E-state index in [0.29, 0.717) is 17.5 Å². The fourth-order valence-corrected chi connectivity index (χ4v) is 3.45. The van der Waals surface area contributed by atoms with Gasteiger partial charge >= 0.3 is 0 Å². The molecule has 1 atom stereocenters. The number of nitrogens with one attached hydrogen (secondary N) is 1. The van der Waals surface area contributed by atoms with Gasteiger partial charge in [0.25, 0.3) is 5.91 Å². The van der Waals surface area contributed by atoms with E-state index in [1.54, 1.807) is 12.1 Å². The van der Waals surface area contributed by atoms with E-state index in [0.717, 1.165) is 11.1 Å². The fraction of sp³-hybridized carbons (Fsp3) is 0.360. The molecule has 5 nitrogen and oxygen atoms in total. The summed E-state index contributed by atoms with van der Waals surface area (Å²) in [7, 11) is 3.96. The Kier molecular flexibility index (Phi) is 7.68. The summed E-state index contributed by atoms with van der Waals surface area (Å²) < 4.78 is 5.71. The Balaban J connectivity index is 0.00000341. The summed E-state index contributed by atoms with van der Waals surface area (Å²) in [6, 6.07) is 15.1. The number of fused-ring (bicyclic) bond motifs is 1. The monoisotopic (exact) mass is 442 g/mol. The van der Waals surface area contributed by atoms with Crippen molar-refractivity contribution in [1.82, 2.24) is 10.2 Å². The number of carbonyl (C=O) groups is 1. The van der Waals surface area contributed by atoms with E-state index in [2.05, 4.69) is 55.3 Å². The van der Waals surface area contributed by atoms with Crippen LogP contribution >= 0.6 is 12.4 Å². The van der Waals surface area contributed by atoms with Gasteiger partial charge in [0.1, 0.15) is 5.58 Å². The van der Waals surface area contributed by atoms with Crippen LogP contribution in [0.3, 0.4) is 0 Å². The van der Waals surface area contributed by atoms with Crippen LogP contribution in [0.4, 0.5) is 0 Å². The molecule has 1 aromatic heterocycles. The molecule has 0 spiro atoms. The number of carbonyl (C=O) groups excluding carboxylic acids is 1. The fourth-order valence-electron chi connectivity index (χ4n) is 3.45. The molecule has 0 aliphatic rings. The van der Waals surface area contributed by atoms with Gasteiger partial charge in [-0.3, -0.25) is 9.59 Å². The van der Waals surface area contributed by atoms with Gasteiger partial charge in [0.2, 0.25) is 0 Å². The minimum absolute atomic E-state index is 0. The van der Waals surface area contributed by atoms with Crippen LogP contribution in [0.1, 0.15) is 54.1 Å². The molecular formula is C25H31ClN2O3. The molecule has 166 valence electrons. The molecular weight excluding hydrogens is 412 g/mol. The molecule has 0 radical (unpaired) electrons. The zero-order valence-electron chi connectivity index (χ0n) is 19.0. The van der Waals surface area contributed by atoms with Gasteiger partial charge in [-0.05, 0) is 55.3 Å². The van der Waals surface area contributed by atoms with Crippen molar-refractivity contribution < 1.29 is 9.21 Å². The van der Waals surface area contributed by atoms with Gasteiger partial charge in [-0.15, -0.1) is 12.4 Å². The average Bonchev–Trinajstić information content (AvgIpc) is 2.67. The Morgan fingerprint density at radius 3 is 2.29 bits per heavy atom. The summed E-state index contributed by atoms with van der Waals surface area (Å²) >= 11 is 0. The number of rotatable bonds is 5. The quantitative estimate of drug-likeness (QED) is 0.613. The lowest BCUT2D eigenvalue weighted by Crippen LogP contribution is -2.34. The van der Waals surface area contributed by atoms with E-state index in [9.17, 15) is 9.59 Å².